The summed E-state index contributed by atoms with van der Waals surface area (Å²) >= 11 is 0. The topological polar surface area (TPSA) is 109 Å². The zero-order valence-electron chi connectivity index (χ0n) is 17.4. The minimum absolute atomic E-state index is 0.0640. The van der Waals surface area contributed by atoms with Crippen molar-refractivity contribution in [2.24, 2.45) is 0 Å². The van der Waals surface area contributed by atoms with Crippen LogP contribution in [0.4, 0.5) is 10.5 Å². The van der Waals surface area contributed by atoms with Crippen molar-refractivity contribution in [3.63, 3.8) is 0 Å². The van der Waals surface area contributed by atoms with E-state index >= 15 is 0 Å². The molecule has 0 spiro atoms. The van der Waals surface area contributed by atoms with Gasteiger partial charge in [0, 0.05) is 18.3 Å². The molecule has 2 rings (SSSR count). The number of anilines is 1. The fourth-order valence-electron chi connectivity index (χ4n) is 2.72. The second-order valence-electron chi connectivity index (χ2n) is 6.78. The smallest absolute Gasteiger partial charge is 0.322 e. The number of amides is 2. The fourth-order valence-corrected chi connectivity index (χ4v) is 3.17. The number of nitrogens with one attached hydrogen (secondary N) is 1. The van der Waals surface area contributed by atoms with E-state index in [9.17, 15) is 13.2 Å². The molecule has 2 amide bonds. The number of ether oxygens (including phenoxy) is 1. The molecule has 0 bridgehead atoms. The van der Waals surface area contributed by atoms with Gasteiger partial charge in [-0.25, -0.2) is 4.79 Å². The third-order valence-electron chi connectivity index (χ3n) is 4.47. The highest BCUT2D eigenvalue weighted by Crippen LogP contribution is 2.30. The normalized spacial score (nSPS) is 11.8. The summed E-state index contributed by atoms with van der Waals surface area (Å²) in [5, 5.41) is 11.7. The Morgan fingerprint density at radius 3 is 2.40 bits per heavy atom. The summed E-state index contributed by atoms with van der Waals surface area (Å²) in [6.07, 6.45) is 1.68. The number of hydrogen-bond acceptors (Lipinski definition) is 6. The molecule has 160 valence electrons. The molecule has 8 nitrogen and oxygen atoms in total. The standard InChI is InChI=1S/C21H25N3O5S/c1-5-15(2)24(21(25)23-18-9-6-16(13-22)7-10-18)14-17-8-11-19(28-3)20(12-17)29-30(4,26)27/h6-12,15H,5,14H2,1-4H3,(H,23,25). The predicted molar refractivity (Wildman–Crippen MR) is 114 cm³/mol. The number of benzene rings is 2. The summed E-state index contributed by atoms with van der Waals surface area (Å²) in [6, 6.07) is 13.1. The summed E-state index contributed by atoms with van der Waals surface area (Å²) < 4.78 is 33.3. The van der Waals surface area contributed by atoms with Crippen molar-refractivity contribution in [1.82, 2.24) is 4.90 Å². The summed E-state index contributed by atoms with van der Waals surface area (Å²) in [7, 11) is -2.32. The van der Waals surface area contributed by atoms with Gasteiger partial charge >= 0.3 is 16.1 Å². The maximum atomic E-state index is 12.9. The average molecular weight is 432 g/mol. The van der Waals surface area contributed by atoms with Gasteiger partial charge < -0.3 is 19.1 Å². The van der Waals surface area contributed by atoms with Gasteiger partial charge in [0.1, 0.15) is 0 Å². The predicted octanol–water partition coefficient (Wildman–Crippen LogP) is 3.74. The van der Waals surface area contributed by atoms with E-state index in [0.29, 0.717) is 16.8 Å². The summed E-state index contributed by atoms with van der Waals surface area (Å²) in [5.74, 6) is 0.343. The van der Waals surface area contributed by atoms with E-state index < -0.39 is 10.1 Å². The maximum absolute atomic E-state index is 12.9. The van der Waals surface area contributed by atoms with Crippen LogP contribution in [-0.4, -0.2) is 38.8 Å². The van der Waals surface area contributed by atoms with Crippen molar-refractivity contribution in [3.8, 4) is 17.6 Å². The number of urea groups is 1. The SMILES string of the molecule is CCC(C)N(Cc1ccc(OC)c(OS(C)(=O)=O)c1)C(=O)Nc1ccc(C#N)cc1. The molecule has 0 aliphatic rings. The molecular formula is C21H25N3O5S. The van der Waals surface area contributed by atoms with Crippen LogP contribution in [-0.2, 0) is 16.7 Å². The second-order valence-corrected chi connectivity index (χ2v) is 8.35. The van der Waals surface area contributed by atoms with Crippen molar-refractivity contribution in [3.05, 3.63) is 53.6 Å². The van der Waals surface area contributed by atoms with Crippen LogP contribution in [0, 0.1) is 11.3 Å². The third kappa shape index (κ3) is 6.39. The molecule has 0 fully saturated rings. The summed E-state index contributed by atoms with van der Waals surface area (Å²) in [4.78, 5) is 14.5. The van der Waals surface area contributed by atoms with Crippen LogP contribution in [0.15, 0.2) is 42.5 Å². The Balaban J connectivity index is 2.26. The zero-order valence-corrected chi connectivity index (χ0v) is 18.2. The summed E-state index contributed by atoms with van der Waals surface area (Å²) in [5.41, 5.74) is 1.76. The lowest BCUT2D eigenvalue weighted by Gasteiger charge is -2.29. The van der Waals surface area contributed by atoms with Gasteiger partial charge in [-0.1, -0.05) is 13.0 Å². The average Bonchev–Trinajstić information content (AvgIpc) is 2.71. The first-order chi connectivity index (χ1) is 14.2. The van der Waals surface area contributed by atoms with E-state index in [1.54, 1.807) is 47.4 Å². The minimum Gasteiger partial charge on any atom is -0.493 e. The van der Waals surface area contributed by atoms with Crippen molar-refractivity contribution in [2.45, 2.75) is 32.9 Å². The van der Waals surface area contributed by atoms with Gasteiger partial charge in [0.25, 0.3) is 0 Å². The molecule has 0 saturated heterocycles. The number of rotatable bonds is 8. The van der Waals surface area contributed by atoms with Crippen LogP contribution in [0.25, 0.3) is 0 Å². The number of hydrogen-bond donors (Lipinski definition) is 1. The van der Waals surface area contributed by atoms with Crippen molar-refractivity contribution < 1.29 is 22.1 Å². The van der Waals surface area contributed by atoms with Crippen LogP contribution in [0.2, 0.25) is 0 Å². The largest absolute Gasteiger partial charge is 0.493 e. The molecule has 0 radical (unpaired) electrons. The Hall–Kier alpha value is -3.25. The van der Waals surface area contributed by atoms with Crippen molar-refractivity contribution in [2.75, 3.05) is 18.7 Å². The number of nitriles is 1. The number of carbonyl (C=O) groups excluding carboxylic acids is 1. The highest BCUT2D eigenvalue weighted by atomic mass is 32.2. The van der Waals surface area contributed by atoms with E-state index in [4.69, 9.17) is 14.2 Å². The number of nitrogens with zero attached hydrogens (tertiary/aromatic N) is 2. The molecule has 1 unspecified atom stereocenters. The maximum Gasteiger partial charge on any atom is 0.322 e. The Morgan fingerprint density at radius 2 is 1.87 bits per heavy atom. The molecule has 1 N–H and O–H groups in total. The molecule has 0 aliphatic carbocycles. The van der Waals surface area contributed by atoms with Gasteiger partial charge in [-0.05, 0) is 55.3 Å². The van der Waals surface area contributed by atoms with Crippen LogP contribution in [0.1, 0.15) is 31.4 Å². The van der Waals surface area contributed by atoms with E-state index in [1.165, 1.54) is 7.11 Å². The van der Waals surface area contributed by atoms with E-state index in [0.717, 1.165) is 12.7 Å². The molecule has 2 aromatic rings. The summed E-state index contributed by atoms with van der Waals surface area (Å²) in [6.45, 7) is 4.13. The zero-order chi connectivity index (χ0) is 22.3. The third-order valence-corrected chi connectivity index (χ3v) is 4.95. The van der Waals surface area contributed by atoms with Gasteiger partial charge in [-0.15, -0.1) is 0 Å². The van der Waals surface area contributed by atoms with Crippen LogP contribution in [0.5, 0.6) is 11.5 Å². The van der Waals surface area contributed by atoms with E-state index in [1.807, 2.05) is 19.9 Å². The van der Waals surface area contributed by atoms with Gasteiger partial charge in [-0.3, -0.25) is 0 Å². The highest BCUT2D eigenvalue weighted by molar-refractivity contribution is 7.86. The Kier molecular flexibility index (Phi) is 7.66. The minimum atomic E-state index is -3.73. The highest BCUT2D eigenvalue weighted by Gasteiger charge is 2.21. The van der Waals surface area contributed by atoms with Gasteiger partial charge in [0.2, 0.25) is 0 Å². The first kappa shape index (κ1) is 23.0. The fraction of sp³-hybridized carbons (Fsp3) is 0.333. The molecule has 30 heavy (non-hydrogen) atoms. The Labute approximate surface area is 177 Å². The molecule has 0 saturated carbocycles. The molecule has 1 atom stereocenters. The van der Waals surface area contributed by atoms with Gasteiger partial charge in [0.15, 0.2) is 11.5 Å². The van der Waals surface area contributed by atoms with Crippen molar-refractivity contribution in [1.29, 1.82) is 5.26 Å². The van der Waals surface area contributed by atoms with Crippen LogP contribution in [0.3, 0.4) is 0 Å². The van der Waals surface area contributed by atoms with E-state index in [2.05, 4.69) is 5.32 Å². The van der Waals surface area contributed by atoms with Gasteiger partial charge in [-0.2, -0.15) is 13.7 Å². The van der Waals surface area contributed by atoms with Crippen molar-refractivity contribution >= 4 is 21.8 Å². The second kappa shape index (κ2) is 9.98. The lowest BCUT2D eigenvalue weighted by molar-refractivity contribution is 0.187. The first-order valence-corrected chi connectivity index (χ1v) is 11.1. The van der Waals surface area contributed by atoms with Crippen LogP contribution >= 0.6 is 0 Å². The number of carbonyl (C=O) groups is 1. The first-order valence-electron chi connectivity index (χ1n) is 9.31. The molecule has 0 heterocycles. The lowest BCUT2D eigenvalue weighted by Crippen LogP contribution is -2.40. The molecule has 0 aliphatic heterocycles. The van der Waals surface area contributed by atoms with E-state index in [-0.39, 0.29) is 30.1 Å². The Bertz CT molecular complexity index is 1030. The quantitative estimate of drug-likeness (QED) is 0.638. The lowest BCUT2D eigenvalue weighted by atomic mass is 10.1. The number of methoxy groups -OCH3 is 1. The van der Waals surface area contributed by atoms with Gasteiger partial charge in [0.05, 0.1) is 25.0 Å². The molecular weight excluding hydrogens is 406 g/mol. The monoisotopic (exact) mass is 431 g/mol. The molecule has 2 aromatic carbocycles. The Morgan fingerprint density at radius 1 is 1.20 bits per heavy atom. The van der Waals surface area contributed by atoms with Crippen LogP contribution < -0.4 is 14.2 Å². The molecule has 9 heteroatoms. The molecule has 0 aromatic heterocycles.